The van der Waals surface area contributed by atoms with Gasteiger partial charge in [0.15, 0.2) is 0 Å². The van der Waals surface area contributed by atoms with Gasteiger partial charge in [0.1, 0.15) is 6.61 Å². The summed E-state index contributed by atoms with van der Waals surface area (Å²) in [4.78, 5) is 13.1. The SMILES string of the molecule is CC(C)[C@@H]1COC(=O)N1C(C)(C)CO. The van der Waals surface area contributed by atoms with E-state index in [1.165, 1.54) is 0 Å². The van der Waals surface area contributed by atoms with Crippen LogP contribution in [-0.2, 0) is 4.74 Å². The van der Waals surface area contributed by atoms with Crippen molar-refractivity contribution in [1.82, 2.24) is 4.90 Å². The number of hydrogen-bond donors (Lipinski definition) is 1. The summed E-state index contributed by atoms with van der Waals surface area (Å²) in [5, 5.41) is 9.22. The second-order valence-electron chi connectivity index (χ2n) is 4.73. The van der Waals surface area contributed by atoms with Crippen molar-refractivity contribution in [2.75, 3.05) is 13.2 Å². The second kappa shape index (κ2) is 3.77. The molecule has 1 saturated heterocycles. The lowest BCUT2D eigenvalue weighted by atomic mass is 9.97. The third kappa shape index (κ3) is 1.85. The van der Waals surface area contributed by atoms with Gasteiger partial charge in [-0.15, -0.1) is 0 Å². The fraction of sp³-hybridized carbons (Fsp3) is 0.900. The molecule has 0 saturated carbocycles. The Labute approximate surface area is 84.8 Å². The van der Waals surface area contributed by atoms with Crippen LogP contribution in [0.3, 0.4) is 0 Å². The van der Waals surface area contributed by atoms with Gasteiger partial charge in [-0.3, -0.25) is 4.90 Å². The molecule has 4 nitrogen and oxygen atoms in total. The summed E-state index contributed by atoms with van der Waals surface area (Å²) in [6.07, 6.45) is -0.317. The predicted octanol–water partition coefficient (Wildman–Crippen LogP) is 1.23. The highest BCUT2D eigenvalue weighted by atomic mass is 16.6. The van der Waals surface area contributed by atoms with Crippen LogP contribution in [0.5, 0.6) is 0 Å². The highest BCUT2D eigenvalue weighted by molar-refractivity contribution is 5.71. The summed E-state index contributed by atoms with van der Waals surface area (Å²) >= 11 is 0. The Kier molecular flexibility index (Phi) is 3.04. The van der Waals surface area contributed by atoms with E-state index in [-0.39, 0.29) is 18.7 Å². The Morgan fingerprint density at radius 3 is 2.64 bits per heavy atom. The Morgan fingerprint density at radius 2 is 2.21 bits per heavy atom. The molecule has 0 bridgehead atoms. The number of amides is 1. The topological polar surface area (TPSA) is 49.8 Å². The number of carbonyl (C=O) groups is 1. The quantitative estimate of drug-likeness (QED) is 0.747. The maximum atomic E-state index is 11.5. The Balaban J connectivity index is 2.87. The maximum Gasteiger partial charge on any atom is 0.410 e. The van der Waals surface area contributed by atoms with Gasteiger partial charge in [0.2, 0.25) is 0 Å². The van der Waals surface area contributed by atoms with Crippen LogP contribution in [0.1, 0.15) is 27.7 Å². The van der Waals surface area contributed by atoms with E-state index in [9.17, 15) is 9.90 Å². The van der Waals surface area contributed by atoms with Crippen molar-refractivity contribution >= 4 is 6.09 Å². The highest BCUT2D eigenvalue weighted by Crippen LogP contribution is 2.27. The summed E-state index contributed by atoms with van der Waals surface area (Å²) in [7, 11) is 0. The van der Waals surface area contributed by atoms with Crippen molar-refractivity contribution in [1.29, 1.82) is 0 Å². The van der Waals surface area contributed by atoms with Crippen LogP contribution in [0.4, 0.5) is 4.79 Å². The van der Waals surface area contributed by atoms with Crippen molar-refractivity contribution < 1.29 is 14.6 Å². The van der Waals surface area contributed by atoms with Gasteiger partial charge < -0.3 is 9.84 Å². The second-order valence-corrected chi connectivity index (χ2v) is 4.73. The van der Waals surface area contributed by atoms with E-state index in [4.69, 9.17) is 4.74 Å². The summed E-state index contributed by atoms with van der Waals surface area (Å²) < 4.78 is 5.00. The van der Waals surface area contributed by atoms with Gasteiger partial charge in [-0.25, -0.2) is 4.79 Å². The Morgan fingerprint density at radius 1 is 1.64 bits per heavy atom. The molecule has 0 aromatic carbocycles. The summed E-state index contributed by atoms with van der Waals surface area (Å²) in [6, 6.07) is 0.0737. The predicted molar refractivity (Wildman–Crippen MR) is 53.0 cm³/mol. The standard InChI is InChI=1S/C10H19NO3/c1-7(2)8-5-14-9(13)11(8)10(3,4)6-12/h7-8,12H,5-6H2,1-4H3/t8-/m0/s1. The number of nitrogens with zero attached hydrogens (tertiary/aromatic N) is 1. The van der Waals surface area contributed by atoms with Gasteiger partial charge in [0, 0.05) is 0 Å². The van der Waals surface area contributed by atoms with E-state index in [1.807, 2.05) is 27.7 Å². The summed E-state index contributed by atoms with van der Waals surface area (Å²) in [5.74, 6) is 0.340. The monoisotopic (exact) mass is 201 g/mol. The van der Waals surface area contributed by atoms with Crippen LogP contribution in [0.15, 0.2) is 0 Å². The molecule has 1 atom stereocenters. The van der Waals surface area contributed by atoms with Crippen molar-refractivity contribution in [2.24, 2.45) is 5.92 Å². The first-order valence-corrected chi connectivity index (χ1v) is 4.97. The summed E-state index contributed by atoms with van der Waals surface area (Å²) in [6.45, 7) is 8.16. The Bertz CT molecular complexity index is 225. The average Bonchev–Trinajstić information content (AvgIpc) is 2.47. The molecule has 82 valence electrons. The molecule has 0 aliphatic carbocycles. The minimum atomic E-state index is -0.539. The third-order valence-corrected chi connectivity index (χ3v) is 2.71. The molecule has 0 spiro atoms. The molecule has 0 aromatic rings. The normalized spacial score (nSPS) is 23.1. The van der Waals surface area contributed by atoms with Crippen LogP contribution >= 0.6 is 0 Å². The number of carbonyl (C=O) groups excluding carboxylic acids is 1. The third-order valence-electron chi connectivity index (χ3n) is 2.71. The maximum absolute atomic E-state index is 11.5. The van der Waals surface area contributed by atoms with Gasteiger partial charge in [-0.1, -0.05) is 13.8 Å². The molecule has 14 heavy (non-hydrogen) atoms. The van der Waals surface area contributed by atoms with E-state index >= 15 is 0 Å². The molecule has 1 amide bonds. The molecule has 1 rings (SSSR count). The number of aliphatic hydroxyl groups excluding tert-OH is 1. The fourth-order valence-electron chi connectivity index (χ4n) is 1.70. The lowest BCUT2D eigenvalue weighted by Crippen LogP contribution is -2.53. The zero-order valence-electron chi connectivity index (χ0n) is 9.28. The first-order valence-electron chi connectivity index (χ1n) is 4.97. The number of hydrogen-bond acceptors (Lipinski definition) is 3. The molecule has 1 aliphatic heterocycles. The van der Waals surface area contributed by atoms with Crippen molar-refractivity contribution in [3.63, 3.8) is 0 Å². The number of aliphatic hydroxyl groups is 1. The Hall–Kier alpha value is -0.770. The van der Waals surface area contributed by atoms with Gasteiger partial charge in [-0.05, 0) is 19.8 Å². The van der Waals surface area contributed by atoms with Gasteiger partial charge in [0.05, 0.1) is 18.2 Å². The zero-order valence-corrected chi connectivity index (χ0v) is 9.28. The molecule has 1 N–H and O–H groups in total. The highest BCUT2D eigenvalue weighted by Gasteiger charge is 2.43. The first-order chi connectivity index (χ1) is 6.40. The minimum Gasteiger partial charge on any atom is -0.447 e. The molecule has 0 radical (unpaired) electrons. The lowest BCUT2D eigenvalue weighted by molar-refractivity contribution is 0.0570. The van der Waals surface area contributed by atoms with E-state index in [0.29, 0.717) is 12.5 Å². The molecule has 1 fully saturated rings. The fourth-order valence-corrected chi connectivity index (χ4v) is 1.70. The molecule has 1 aliphatic rings. The first kappa shape index (κ1) is 11.3. The summed E-state index contributed by atoms with van der Waals surface area (Å²) in [5.41, 5.74) is -0.539. The van der Waals surface area contributed by atoms with E-state index in [1.54, 1.807) is 4.90 Å². The molecule has 4 heteroatoms. The van der Waals surface area contributed by atoms with Gasteiger partial charge >= 0.3 is 6.09 Å². The number of rotatable bonds is 3. The molecule has 0 unspecified atom stereocenters. The molecule has 0 aromatic heterocycles. The minimum absolute atomic E-state index is 0.0503. The van der Waals surface area contributed by atoms with Gasteiger partial charge in [-0.2, -0.15) is 0 Å². The number of ether oxygens (including phenoxy) is 1. The van der Waals surface area contributed by atoms with Crippen molar-refractivity contribution in [3.05, 3.63) is 0 Å². The average molecular weight is 201 g/mol. The van der Waals surface area contributed by atoms with Crippen LogP contribution in [0.2, 0.25) is 0 Å². The van der Waals surface area contributed by atoms with Gasteiger partial charge in [0.25, 0.3) is 0 Å². The zero-order chi connectivity index (χ0) is 10.9. The van der Waals surface area contributed by atoms with Crippen LogP contribution in [-0.4, -0.2) is 40.9 Å². The van der Waals surface area contributed by atoms with E-state index in [2.05, 4.69) is 0 Å². The number of cyclic esters (lactones) is 1. The molecular weight excluding hydrogens is 182 g/mol. The van der Waals surface area contributed by atoms with Crippen LogP contribution < -0.4 is 0 Å². The van der Waals surface area contributed by atoms with E-state index in [0.717, 1.165) is 0 Å². The molecule has 1 heterocycles. The smallest absolute Gasteiger partial charge is 0.410 e. The van der Waals surface area contributed by atoms with Crippen LogP contribution in [0, 0.1) is 5.92 Å². The van der Waals surface area contributed by atoms with Crippen molar-refractivity contribution in [3.8, 4) is 0 Å². The van der Waals surface area contributed by atoms with Crippen LogP contribution in [0.25, 0.3) is 0 Å². The van der Waals surface area contributed by atoms with Crippen molar-refractivity contribution in [2.45, 2.75) is 39.3 Å². The lowest BCUT2D eigenvalue weighted by Gasteiger charge is -2.37. The van der Waals surface area contributed by atoms with E-state index < -0.39 is 5.54 Å². The largest absolute Gasteiger partial charge is 0.447 e. The molecular formula is C10H19NO3.